The van der Waals surface area contributed by atoms with Crippen LogP contribution in [-0.4, -0.2) is 68.6 Å². The molecule has 2 aromatic rings. The molecule has 0 bridgehead atoms. The van der Waals surface area contributed by atoms with E-state index in [2.05, 4.69) is 10.1 Å². The summed E-state index contributed by atoms with van der Waals surface area (Å²) in [6.45, 7) is 2.50. The van der Waals surface area contributed by atoms with Crippen molar-refractivity contribution >= 4 is 5.91 Å². The summed E-state index contributed by atoms with van der Waals surface area (Å²) in [5.41, 5.74) is 0.529. The first-order valence-electron chi connectivity index (χ1n) is 9.56. The summed E-state index contributed by atoms with van der Waals surface area (Å²) in [7, 11) is 4.75. The van der Waals surface area contributed by atoms with Gasteiger partial charge in [-0.25, -0.2) is 0 Å². The summed E-state index contributed by atoms with van der Waals surface area (Å²) >= 11 is 0. The minimum Gasteiger partial charge on any atom is -0.497 e. The number of carbonyl (C=O) groups excluding carboxylic acids is 1. The Hall–Kier alpha value is -2.65. The molecule has 29 heavy (non-hydrogen) atoms. The molecule has 0 radical (unpaired) electrons. The molecule has 1 amide bonds. The van der Waals surface area contributed by atoms with Gasteiger partial charge in [-0.05, 0) is 25.0 Å². The largest absolute Gasteiger partial charge is 0.497 e. The number of nitrogens with zero attached hydrogens (tertiary/aromatic N) is 3. The van der Waals surface area contributed by atoms with E-state index in [-0.39, 0.29) is 18.4 Å². The van der Waals surface area contributed by atoms with Gasteiger partial charge in [0, 0.05) is 32.2 Å². The number of aromatic nitrogens is 2. The molecule has 1 saturated heterocycles. The normalized spacial score (nSPS) is 14.8. The highest BCUT2D eigenvalue weighted by Crippen LogP contribution is 2.30. The fourth-order valence-corrected chi connectivity index (χ4v) is 3.28. The van der Waals surface area contributed by atoms with Crippen molar-refractivity contribution < 1.29 is 28.3 Å². The van der Waals surface area contributed by atoms with E-state index in [9.17, 15) is 4.79 Å². The molecule has 9 nitrogen and oxygen atoms in total. The fraction of sp³-hybridized carbons (Fsp3) is 0.550. The number of piperidine rings is 1. The highest BCUT2D eigenvalue weighted by molar-refractivity contribution is 5.97. The van der Waals surface area contributed by atoms with Crippen LogP contribution >= 0.6 is 0 Å². The molecule has 1 fully saturated rings. The molecule has 9 heteroatoms. The zero-order valence-corrected chi connectivity index (χ0v) is 17.1. The topological polar surface area (TPSA) is 96.2 Å². The van der Waals surface area contributed by atoms with Crippen molar-refractivity contribution in [1.29, 1.82) is 0 Å². The average Bonchev–Trinajstić information content (AvgIpc) is 3.25. The summed E-state index contributed by atoms with van der Waals surface area (Å²) in [6, 6.07) is 5.22. The summed E-state index contributed by atoms with van der Waals surface area (Å²) < 4.78 is 26.1. The van der Waals surface area contributed by atoms with Gasteiger partial charge < -0.3 is 28.4 Å². The Morgan fingerprint density at radius 1 is 1.17 bits per heavy atom. The summed E-state index contributed by atoms with van der Waals surface area (Å²) in [4.78, 5) is 19.2. The van der Waals surface area contributed by atoms with Gasteiger partial charge in [0.25, 0.3) is 11.8 Å². The standard InChI is InChI=1S/C20H27N3O6/c1-25-10-11-28-13-18-21-19(22-29-18)14-6-8-23(9-7-14)20(24)16-5-4-15(26-2)12-17(16)27-3/h4-5,12,14H,6-11,13H2,1-3H3. The molecular formula is C20H27N3O6. The Morgan fingerprint density at radius 2 is 1.97 bits per heavy atom. The van der Waals surface area contributed by atoms with Gasteiger partial charge in [0.15, 0.2) is 5.82 Å². The van der Waals surface area contributed by atoms with E-state index < -0.39 is 0 Å². The molecule has 0 saturated carbocycles. The number of amides is 1. The monoisotopic (exact) mass is 405 g/mol. The quantitative estimate of drug-likeness (QED) is 0.586. The first-order chi connectivity index (χ1) is 14.2. The molecule has 0 spiro atoms. The smallest absolute Gasteiger partial charge is 0.257 e. The van der Waals surface area contributed by atoms with Crippen LogP contribution in [0.2, 0.25) is 0 Å². The molecule has 1 aliphatic rings. The Labute approximate surface area is 169 Å². The first-order valence-corrected chi connectivity index (χ1v) is 9.56. The third-order valence-electron chi connectivity index (χ3n) is 4.93. The van der Waals surface area contributed by atoms with Gasteiger partial charge in [-0.1, -0.05) is 5.16 Å². The molecule has 0 unspecified atom stereocenters. The lowest BCUT2D eigenvalue weighted by Gasteiger charge is -2.31. The lowest BCUT2D eigenvalue weighted by molar-refractivity contribution is 0.0494. The highest BCUT2D eigenvalue weighted by atomic mass is 16.5. The van der Waals surface area contributed by atoms with Crippen LogP contribution in [0.1, 0.15) is 40.8 Å². The minimum atomic E-state index is -0.0525. The van der Waals surface area contributed by atoms with Crippen molar-refractivity contribution in [3.8, 4) is 11.5 Å². The molecule has 0 aliphatic carbocycles. The third kappa shape index (κ3) is 5.24. The molecule has 0 atom stereocenters. The van der Waals surface area contributed by atoms with Crippen LogP contribution in [0, 0.1) is 0 Å². The van der Waals surface area contributed by atoms with Gasteiger partial charge in [0.05, 0.1) is 33.0 Å². The maximum atomic E-state index is 12.9. The van der Waals surface area contributed by atoms with Crippen molar-refractivity contribution in [3.05, 3.63) is 35.5 Å². The van der Waals surface area contributed by atoms with Crippen molar-refractivity contribution in [2.75, 3.05) is 47.6 Å². The van der Waals surface area contributed by atoms with Crippen LogP contribution in [0.25, 0.3) is 0 Å². The molecule has 1 aromatic heterocycles. The number of ether oxygens (including phenoxy) is 4. The number of carbonyl (C=O) groups is 1. The van der Waals surface area contributed by atoms with Gasteiger partial charge in [0.2, 0.25) is 0 Å². The maximum absolute atomic E-state index is 12.9. The van der Waals surface area contributed by atoms with Gasteiger partial charge in [-0.15, -0.1) is 0 Å². The van der Waals surface area contributed by atoms with E-state index in [0.29, 0.717) is 55.1 Å². The van der Waals surface area contributed by atoms with E-state index in [4.69, 9.17) is 23.5 Å². The predicted molar refractivity (Wildman–Crippen MR) is 103 cm³/mol. The second kappa shape index (κ2) is 10.2. The van der Waals surface area contributed by atoms with Crippen LogP contribution in [-0.2, 0) is 16.1 Å². The zero-order chi connectivity index (χ0) is 20.6. The molecule has 0 N–H and O–H groups in total. The molecular weight excluding hydrogens is 378 g/mol. The molecule has 2 heterocycles. The molecule has 158 valence electrons. The Morgan fingerprint density at radius 3 is 2.66 bits per heavy atom. The van der Waals surface area contributed by atoms with Crippen LogP contribution in [0.3, 0.4) is 0 Å². The zero-order valence-electron chi connectivity index (χ0n) is 17.1. The average molecular weight is 405 g/mol. The Balaban J connectivity index is 1.55. The molecule has 3 rings (SSSR count). The van der Waals surface area contributed by atoms with Gasteiger partial charge in [-0.3, -0.25) is 4.79 Å². The van der Waals surface area contributed by atoms with Gasteiger partial charge in [0.1, 0.15) is 18.1 Å². The van der Waals surface area contributed by atoms with E-state index in [1.807, 2.05) is 4.90 Å². The third-order valence-corrected chi connectivity index (χ3v) is 4.93. The van der Waals surface area contributed by atoms with Crippen LogP contribution < -0.4 is 9.47 Å². The van der Waals surface area contributed by atoms with Gasteiger partial charge in [-0.2, -0.15) is 4.98 Å². The number of likely N-dealkylation sites (tertiary alicyclic amines) is 1. The molecule has 1 aromatic carbocycles. The molecule has 1 aliphatic heterocycles. The van der Waals surface area contributed by atoms with Crippen molar-refractivity contribution in [2.24, 2.45) is 0 Å². The lowest BCUT2D eigenvalue weighted by Crippen LogP contribution is -2.38. The van der Waals surface area contributed by atoms with Crippen molar-refractivity contribution in [2.45, 2.75) is 25.4 Å². The van der Waals surface area contributed by atoms with Crippen molar-refractivity contribution in [1.82, 2.24) is 15.0 Å². The number of methoxy groups -OCH3 is 3. The summed E-state index contributed by atoms with van der Waals surface area (Å²) in [5, 5.41) is 4.08. The maximum Gasteiger partial charge on any atom is 0.257 e. The lowest BCUT2D eigenvalue weighted by atomic mass is 9.95. The van der Waals surface area contributed by atoms with Crippen LogP contribution in [0.5, 0.6) is 11.5 Å². The van der Waals surface area contributed by atoms with Crippen molar-refractivity contribution in [3.63, 3.8) is 0 Å². The Kier molecular flexibility index (Phi) is 7.42. The summed E-state index contributed by atoms with van der Waals surface area (Å²) in [6.07, 6.45) is 1.54. The second-order valence-electron chi connectivity index (χ2n) is 6.72. The number of hydrogen-bond donors (Lipinski definition) is 0. The number of benzene rings is 1. The van der Waals surface area contributed by atoms with Crippen LogP contribution in [0.4, 0.5) is 0 Å². The summed E-state index contributed by atoms with van der Waals surface area (Å²) in [5.74, 6) is 2.39. The van der Waals surface area contributed by atoms with E-state index in [1.165, 1.54) is 0 Å². The SMILES string of the molecule is COCCOCc1nc(C2CCN(C(=O)c3ccc(OC)cc3OC)CC2)no1. The highest BCUT2D eigenvalue weighted by Gasteiger charge is 2.28. The van der Waals surface area contributed by atoms with Crippen LogP contribution in [0.15, 0.2) is 22.7 Å². The van der Waals surface area contributed by atoms with Gasteiger partial charge >= 0.3 is 0 Å². The number of hydrogen-bond acceptors (Lipinski definition) is 8. The number of rotatable bonds is 9. The predicted octanol–water partition coefficient (Wildman–Crippen LogP) is 2.27. The van der Waals surface area contributed by atoms with E-state index >= 15 is 0 Å². The van der Waals surface area contributed by atoms with E-state index in [0.717, 1.165) is 12.8 Å². The minimum absolute atomic E-state index is 0.0525. The van der Waals surface area contributed by atoms with E-state index in [1.54, 1.807) is 39.5 Å². The fourth-order valence-electron chi connectivity index (χ4n) is 3.28. The first kappa shape index (κ1) is 21.1. The second-order valence-corrected chi connectivity index (χ2v) is 6.72. The Bertz CT molecular complexity index is 801.